The molecule has 6 nitrogen and oxygen atoms in total. The molecule has 1 N–H and O–H groups in total. The minimum absolute atomic E-state index is 0.0696. The van der Waals surface area contributed by atoms with Crippen LogP contribution in [0.4, 0.5) is 20.2 Å². The van der Waals surface area contributed by atoms with Crippen LogP contribution in [0.1, 0.15) is 18.2 Å². The van der Waals surface area contributed by atoms with Crippen molar-refractivity contribution in [3.05, 3.63) is 88.7 Å². The molecule has 0 fully saturated rings. The standard InChI is InChI=1S/C23H16F2N2O4S/c1-13(28)26-15-6-4-14(5-7-15)20-21(32-12-17-3-2-10-31-17)23(30)27(22(20)29)16-8-9-18(24)19(25)11-16/h2-11H,12H2,1H3,(H,26,28). The van der Waals surface area contributed by atoms with Gasteiger partial charge in [-0.25, -0.2) is 13.7 Å². The molecule has 3 amide bonds. The second-order valence-electron chi connectivity index (χ2n) is 6.87. The summed E-state index contributed by atoms with van der Waals surface area (Å²) in [6.07, 6.45) is 1.50. The topological polar surface area (TPSA) is 79.6 Å². The van der Waals surface area contributed by atoms with E-state index in [9.17, 15) is 23.2 Å². The summed E-state index contributed by atoms with van der Waals surface area (Å²) in [6, 6.07) is 12.7. The van der Waals surface area contributed by atoms with Gasteiger partial charge in [0.1, 0.15) is 5.76 Å². The Morgan fingerprint density at radius 2 is 1.78 bits per heavy atom. The smallest absolute Gasteiger partial charge is 0.272 e. The lowest BCUT2D eigenvalue weighted by molar-refractivity contribution is -0.120. The normalized spacial score (nSPS) is 13.8. The van der Waals surface area contributed by atoms with Gasteiger partial charge < -0.3 is 9.73 Å². The van der Waals surface area contributed by atoms with Gasteiger partial charge in [0.15, 0.2) is 11.6 Å². The maximum absolute atomic E-state index is 13.8. The first-order valence-corrected chi connectivity index (χ1v) is 10.4. The lowest BCUT2D eigenvalue weighted by Crippen LogP contribution is -2.31. The number of hydrogen-bond acceptors (Lipinski definition) is 5. The Bertz CT molecular complexity index is 1240. The van der Waals surface area contributed by atoms with Gasteiger partial charge in [0.25, 0.3) is 11.8 Å². The van der Waals surface area contributed by atoms with Crippen LogP contribution in [0.5, 0.6) is 0 Å². The first kappa shape index (κ1) is 21.5. The molecule has 0 saturated carbocycles. The lowest BCUT2D eigenvalue weighted by atomic mass is 10.1. The maximum atomic E-state index is 13.8. The molecule has 4 rings (SSSR count). The zero-order valence-electron chi connectivity index (χ0n) is 16.7. The summed E-state index contributed by atoms with van der Waals surface area (Å²) >= 11 is 1.11. The molecule has 0 saturated heterocycles. The Balaban J connectivity index is 1.73. The van der Waals surface area contributed by atoms with E-state index in [1.54, 1.807) is 36.4 Å². The van der Waals surface area contributed by atoms with E-state index in [0.29, 0.717) is 22.8 Å². The maximum Gasteiger partial charge on any atom is 0.272 e. The van der Waals surface area contributed by atoms with E-state index in [0.717, 1.165) is 28.8 Å². The molecule has 0 radical (unpaired) electrons. The number of imide groups is 1. The zero-order chi connectivity index (χ0) is 22.8. The first-order valence-electron chi connectivity index (χ1n) is 9.46. The number of benzene rings is 2. The molecule has 0 atom stereocenters. The van der Waals surface area contributed by atoms with Gasteiger partial charge in [0.2, 0.25) is 5.91 Å². The fourth-order valence-corrected chi connectivity index (χ4v) is 4.23. The summed E-state index contributed by atoms with van der Waals surface area (Å²) in [5.74, 6) is -2.89. The van der Waals surface area contributed by atoms with E-state index in [4.69, 9.17) is 4.42 Å². The number of hydrogen-bond donors (Lipinski definition) is 1. The molecular formula is C23H16F2N2O4S. The quantitative estimate of drug-likeness (QED) is 0.545. The van der Waals surface area contributed by atoms with Gasteiger partial charge >= 0.3 is 0 Å². The zero-order valence-corrected chi connectivity index (χ0v) is 17.5. The van der Waals surface area contributed by atoms with Gasteiger partial charge in [-0.1, -0.05) is 12.1 Å². The summed E-state index contributed by atoms with van der Waals surface area (Å²) in [6.45, 7) is 1.37. The number of anilines is 2. The average molecular weight is 454 g/mol. The van der Waals surface area contributed by atoms with Gasteiger partial charge in [0.05, 0.1) is 28.2 Å². The molecule has 1 aliphatic rings. The summed E-state index contributed by atoms with van der Waals surface area (Å²) in [5.41, 5.74) is 1.04. The lowest BCUT2D eigenvalue weighted by Gasteiger charge is -2.15. The van der Waals surface area contributed by atoms with E-state index < -0.39 is 23.4 Å². The van der Waals surface area contributed by atoms with Crippen LogP contribution in [0.25, 0.3) is 5.57 Å². The van der Waals surface area contributed by atoms with Crippen molar-refractivity contribution < 1.29 is 27.6 Å². The predicted octanol–water partition coefficient (Wildman–Crippen LogP) is 4.73. The van der Waals surface area contributed by atoms with Crippen LogP contribution in [0.15, 0.2) is 70.2 Å². The third kappa shape index (κ3) is 4.19. The summed E-state index contributed by atoms with van der Waals surface area (Å²) in [4.78, 5) is 38.7. The molecule has 162 valence electrons. The second kappa shape index (κ2) is 8.80. The number of carbonyl (C=O) groups excluding carboxylic acids is 3. The highest BCUT2D eigenvalue weighted by Gasteiger charge is 2.40. The summed E-state index contributed by atoms with van der Waals surface area (Å²) in [7, 11) is 0. The van der Waals surface area contributed by atoms with E-state index in [1.807, 2.05) is 0 Å². The van der Waals surface area contributed by atoms with Crippen molar-refractivity contribution >= 4 is 46.4 Å². The fraction of sp³-hybridized carbons (Fsp3) is 0.0870. The van der Waals surface area contributed by atoms with Crippen molar-refractivity contribution in [2.24, 2.45) is 0 Å². The van der Waals surface area contributed by atoms with Crippen LogP contribution in [-0.2, 0) is 20.1 Å². The third-order valence-corrected chi connectivity index (χ3v) is 5.73. The Labute approximate surface area is 185 Å². The van der Waals surface area contributed by atoms with E-state index in [2.05, 4.69) is 5.32 Å². The molecule has 0 bridgehead atoms. The molecule has 1 aromatic heterocycles. The van der Waals surface area contributed by atoms with Crippen LogP contribution in [-0.4, -0.2) is 17.7 Å². The minimum Gasteiger partial charge on any atom is -0.468 e. The molecule has 0 aliphatic carbocycles. The number of amides is 3. The molecular weight excluding hydrogens is 438 g/mol. The van der Waals surface area contributed by atoms with Crippen molar-refractivity contribution in [1.82, 2.24) is 0 Å². The molecule has 3 aromatic rings. The number of rotatable bonds is 6. The average Bonchev–Trinajstić information content (AvgIpc) is 3.35. The number of thioether (sulfide) groups is 1. The molecule has 2 heterocycles. The molecule has 2 aromatic carbocycles. The van der Waals surface area contributed by atoms with E-state index in [1.165, 1.54) is 19.3 Å². The molecule has 1 aliphatic heterocycles. The number of halogens is 2. The van der Waals surface area contributed by atoms with Gasteiger partial charge in [-0.05, 0) is 42.0 Å². The van der Waals surface area contributed by atoms with Crippen LogP contribution < -0.4 is 10.2 Å². The van der Waals surface area contributed by atoms with Crippen LogP contribution in [0.2, 0.25) is 0 Å². The van der Waals surface area contributed by atoms with Gasteiger partial charge in [-0.3, -0.25) is 14.4 Å². The predicted molar refractivity (Wildman–Crippen MR) is 117 cm³/mol. The van der Waals surface area contributed by atoms with Crippen molar-refractivity contribution in [3.8, 4) is 0 Å². The fourth-order valence-electron chi connectivity index (χ4n) is 3.22. The van der Waals surface area contributed by atoms with E-state index in [-0.39, 0.29) is 22.1 Å². The number of nitrogens with one attached hydrogen (secondary N) is 1. The highest BCUT2D eigenvalue weighted by molar-refractivity contribution is 8.03. The van der Waals surface area contributed by atoms with Crippen molar-refractivity contribution in [3.63, 3.8) is 0 Å². The third-order valence-electron chi connectivity index (χ3n) is 4.64. The molecule has 0 unspecified atom stereocenters. The Hall–Kier alpha value is -3.72. The first-order chi connectivity index (χ1) is 15.3. The monoisotopic (exact) mass is 454 g/mol. The largest absolute Gasteiger partial charge is 0.468 e. The van der Waals surface area contributed by atoms with Crippen LogP contribution >= 0.6 is 11.8 Å². The summed E-state index contributed by atoms with van der Waals surface area (Å²) in [5, 5.41) is 2.63. The van der Waals surface area contributed by atoms with Crippen molar-refractivity contribution in [1.29, 1.82) is 0 Å². The minimum atomic E-state index is -1.17. The SMILES string of the molecule is CC(=O)Nc1ccc(C2=C(SCc3ccco3)C(=O)N(c3ccc(F)c(F)c3)C2=O)cc1. The van der Waals surface area contributed by atoms with Crippen LogP contribution in [0, 0.1) is 11.6 Å². The number of nitrogens with zero attached hydrogens (tertiary/aromatic N) is 1. The Morgan fingerprint density at radius 1 is 1.03 bits per heavy atom. The Morgan fingerprint density at radius 3 is 2.41 bits per heavy atom. The van der Waals surface area contributed by atoms with Crippen molar-refractivity contribution in [2.75, 3.05) is 10.2 Å². The highest BCUT2D eigenvalue weighted by Crippen LogP contribution is 2.40. The number of furan rings is 1. The molecule has 32 heavy (non-hydrogen) atoms. The highest BCUT2D eigenvalue weighted by atomic mass is 32.2. The Kier molecular flexibility index (Phi) is 5.91. The molecule has 0 spiro atoms. The summed E-state index contributed by atoms with van der Waals surface area (Å²) < 4.78 is 32.5. The van der Waals surface area contributed by atoms with Crippen LogP contribution in [0.3, 0.4) is 0 Å². The van der Waals surface area contributed by atoms with Gasteiger partial charge in [0, 0.05) is 18.7 Å². The van der Waals surface area contributed by atoms with Crippen molar-refractivity contribution in [2.45, 2.75) is 12.7 Å². The van der Waals surface area contributed by atoms with E-state index >= 15 is 0 Å². The number of carbonyl (C=O) groups is 3. The second-order valence-corrected chi connectivity index (χ2v) is 7.86. The van der Waals surface area contributed by atoms with Gasteiger partial charge in [-0.15, -0.1) is 11.8 Å². The molecule has 9 heteroatoms. The van der Waals surface area contributed by atoms with Gasteiger partial charge in [-0.2, -0.15) is 0 Å².